The van der Waals surface area contributed by atoms with Gasteiger partial charge < -0.3 is 10.2 Å². The minimum Gasteiger partial charge on any atom is -0.372 e. The Morgan fingerprint density at radius 1 is 1.00 bits per heavy atom. The first-order valence-electron chi connectivity index (χ1n) is 7.47. The molecular weight excluding hydrogens is 312 g/mol. The van der Waals surface area contributed by atoms with Gasteiger partial charge in [0.15, 0.2) is 0 Å². The maximum absolute atomic E-state index is 11.2. The highest BCUT2D eigenvalue weighted by Gasteiger charge is 2.04. The van der Waals surface area contributed by atoms with Gasteiger partial charge in [-0.15, -0.1) is 0 Å². The van der Waals surface area contributed by atoms with Gasteiger partial charge in [-0.2, -0.15) is 0 Å². The highest BCUT2D eigenvalue weighted by molar-refractivity contribution is 7.92. The van der Waals surface area contributed by atoms with Crippen LogP contribution in [0, 0.1) is 0 Å². The Morgan fingerprint density at radius 3 is 2.09 bits per heavy atom. The lowest BCUT2D eigenvalue weighted by atomic mass is 10.2. The molecule has 0 spiro atoms. The summed E-state index contributed by atoms with van der Waals surface area (Å²) < 4.78 is 24.7. The molecule has 0 aliphatic carbocycles. The van der Waals surface area contributed by atoms with E-state index in [9.17, 15) is 8.42 Å². The third-order valence-corrected chi connectivity index (χ3v) is 3.94. The highest BCUT2D eigenvalue weighted by atomic mass is 32.2. The summed E-state index contributed by atoms with van der Waals surface area (Å²) >= 11 is 0. The first-order valence-corrected chi connectivity index (χ1v) is 9.36. The zero-order chi connectivity index (χ0) is 16.9. The van der Waals surface area contributed by atoms with E-state index in [1.54, 1.807) is 12.1 Å². The van der Waals surface area contributed by atoms with Crippen molar-refractivity contribution in [2.45, 2.75) is 13.8 Å². The summed E-state index contributed by atoms with van der Waals surface area (Å²) in [6.45, 7) is 6.20. The molecule has 2 aromatic rings. The Morgan fingerprint density at radius 2 is 1.61 bits per heavy atom. The fraction of sp³-hybridized carbons (Fsp3) is 0.312. The van der Waals surface area contributed by atoms with E-state index in [1.165, 1.54) is 11.9 Å². The summed E-state index contributed by atoms with van der Waals surface area (Å²) in [4.78, 5) is 6.47. The number of nitrogens with one attached hydrogen (secondary N) is 2. The first kappa shape index (κ1) is 17.1. The predicted octanol–water partition coefficient (Wildman–Crippen LogP) is 3.04. The van der Waals surface area contributed by atoms with Crippen molar-refractivity contribution in [3.63, 3.8) is 0 Å². The number of hydrogen-bond donors (Lipinski definition) is 2. The number of nitrogens with zero attached hydrogens (tertiary/aromatic N) is 2. The van der Waals surface area contributed by atoms with E-state index in [4.69, 9.17) is 0 Å². The van der Waals surface area contributed by atoms with Crippen LogP contribution in [0.4, 0.5) is 22.9 Å². The SMILES string of the molecule is CCN(CC)c1ccc(Nc2ccc(NS(C)(=O)=O)cn2)cc1. The standard InChI is InChI=1S/C16H22N4O2S/c1-4-20(5-2)15-9-6-13(7-10-15)18-16-11-8-14(12-17-16)19-23(3,21)22/h6-12,19H,4-5H2,1-3H3,(H,17,18). The smallest absolute Gasteiger partial charge is 0.229 e. The summed E-state index contributed by atoms with van der Waals surface area (Å²) in [6.07, 6.45) is 2.59. The van der Waals surface area contributed by atoms with Gasteiger partial charge in [0, 0.05) is 24.5 Å². The Balaban J connectivity index is 2.04. The summed E-state index contributed by atoms with van der Waals surface area (Å²) in [5.41, 5.74) is 2.55. The average Bonchev–Trinajstić information content (AvgIpc) is 2.51. The minimum absolute atomic E-state index is 0.440. The average molecular weight is 334 g/mol. The molecular formula is C16H22N4O2S. The Labute approximate surface area is 137 Å². The van der Waals surface area contributed by atoms with Crippen LogP contribution >= 0.6 is 0 Å². The summed E-state index contributed by atoms with van der Waals surface area (Å²) in [5.74, 6) is 0.652. The lowest BCUT2D eigenvalue weighted by Gasteiger charge is -2.21. The molecule has 0 saturated carbocycles. The van der Waals surface area contributed by atoms with Crippen LogP contribution < -0.4 is 14.9 Å². The second kappa shape index (κ2) is 7.32. The molecule has 0 unspecified atom stereocenters. The van der Waals surface area contributed by atoms with Crippen LogP contribution in [0.25, 0.3) is 0 Å². The van der Waals surface area contributed by atoms with Gasteiger partial charge in [0.25, 0.3) is 0 Å². The third kappa shape index (κ3) is 5.14. The van der Waals surface area contributed by atoms with Crippen LogP contribution in [-0.2, 0) is 10.0 Å². The van der Waals surface area contributed by atoms with Crippen molar-refractivity contribution >= 4 is 32.9 Å². The van der Waals surface area contributed by atoms with E-state index in [-0.39, 0.29) is 0 Å². The van der Waals surface area contributed by atoms with Gasteiger partial charge in [-0.05, 0) is 50.2 Å². The van der Waals surface area contributed by atoms with Gasteiger partial charge in [0.05, 0.1) is 18.1 Å². The second-order valence-electron chi connectivity index (χ2n) is 5.15. The van der Waals surface area contributed by atoms with Gasteiger partial charge in [-0.1, -0.05) is 0 Å². The molecule has 0 aliphatic rings. The van der Waals surface area contributed by atoms with Crippen molar-refractivity contribution in [2.24, 2.45) is 0 Å². The lowest BCUT2D eigenvalue weighted by Crippen LogP contribution is -2.21. The second-order valence-corrected chi connectivity index (χ2v) is 6.90. The number of rotatable bonds is 7. The van der Waals surface area contributed by atoms with Crippen molar-refractivity contribution in [3.05, 3.63) is 42.6 Å². The maximum atomic E-state index is 11.2. The topological polar surface area (TPSA) is 74.3 Å². The van der Waals surface area contributed by atoms with Gasteiger partial charge in [-0.3, -0.25) is 4.72 Å². The Bertz CT molecular complexity index is 724. The largest absolute Gasteiger partial charge is 0.372 e. The van der Waals surface area contributed by atoms with Crippen molar-refractivity contribution in [3.8, 4) is 0 Å². The van der Waals surface area contributed by atoms with Gasteiger partial charge in [0.2, 0.25) is 10.0 Å². The number of pyridine rings is 1. The molecule has 0 fully saturated rings. The van der Waals surface area contributed by atoms with E-state index >= 15 is 0 Å². The molecule has 0 aliphatic heterocycles. The molecule has 0 bridgehead atoms. The number of anilines is 4. The van der Waals surface area contributed by atoms with Crippen molar-refractivity contribution < 1.29 is 8.42 Å². The molecule has 0 radical (unpaired) electrons. The Kier molecular flexibility index (Phi) is 5.44. The van der Waals surface area contributed by atoms with Crippen LogP contribution in [0.5, 0.6) is 0 Å². The van der Waals surface area contributed by atoms with Gasteiger partial charge in [0.1, 0.15) is 5.82 Å². The molecule has 6 nitrogen and oxygen atoms in total. The number of sulfonamides is 1. The molecule has 2 rings (SSSR count). The van der Waals surface area contributed by atoms with Crippen LogP contribution in [-0.4, -0.2) is 32.7 Å². The Hall–Kier alpha value is -2.28. The molecule has 1 aromatic carbocycles. The zero-order valence-electron chi connectivity index (χ0n) is 13.6. The quantitative estimate of drug-likeness (QED) is 0.814. The van der Waals surface area contributed by atoms with E-state index in [1.807, 2.05) is 12.1 Å². The maximum Gasteiger partial charge on any atom is 0.229 e. The van der Waals surface area contributed by atoms with Crippen molar-refractivity contribution in [1.82, 2.24) is 4.98 Å². The molecule has 124 valence electrons. The van der Waals surface area contributed by atoms with Crippen LogP contribution in [0.15, 0.2) is 42.6 Å². The molecule has 23 heavy (non-hydrogen) atoms. The zero-order valence-corrected chi connectivity index (χ0v) is 14.4. The molecule has 0 amide bonds. The molecule has 1 heterocycles. The fourth-order valence-corrected chi connectivity index (χ4v) is 2.78. The van der Waals surface area contributed by atoms with Gasteiger partial charge in [-0.25, -0.2) is 13.4 Å². The van der Waals surface area contributed by atoms with E-state index < -0.39 is 10.0 Å². The molecule has 2 N–H and O–H groups in total. The number of benzene rings is 1. The number of hydrogen-bond acceptors (Lipinski definition) is 5. The summed E-state index contributed by atoms with van der Waals surface area (Å²) in [6, 6.07) is 11.5. The third-order valence-electron chi connectivity index (χ3n) is 3.34. The monoisotopic (exact) mass is 334 g/mol. The van der Waals surface area contributed by atoms with Crippen LogP contribution in [0.3, 0.4) is 0 Å². The predicted molar refractivity (Wildman–Crippen MR) is 96.0 cm³/mol. The highest BCUT2D eigenvalue weighted by Crippen LogP contribution is 2.21. The first-order chi connectivity index (χ1) is 10.9. The van der Waals surface area contributed by atoms with Crippen LogP contribution in [0.1, 0.15) is 13.8 Å². The van der Waals surface area contributed by atoms with E-state index in [0.717, 1.165) is 25.0 Å². The van der Waals surface area contributed by atoms with Gasteiger partial charge >= 0.3 is 0 Å². The molecule has 0 atom stereocenters. The summed E-state index contributed by atoms with van der Waals surface area (Å²) in [7, 11) is -3.28. The lowest BCUT2D eigenvalue weighted by molar-refractivity contribution is 0.607. The number of aromatic nitrogens is 1. The van der Waals surface area contributed by atoms with Crippen molar-refractivity contribution in [2.75, 3.05) is 34.3 Å². The van der Waals surface area contributed by atoms with E-state index in [0.29, 0.717) is 11.5 Å². The normalized spacial score (nSPS) is 11.1. The van der Waals surface area contributed by atoms with Crippen LogP contribution in [0.2, 0.25) is 0 Å². The molecule has 7 heteroatoms. The minimum atomic E-state index is -3.28. The van der Waals surface area contributed by atoms with Crippen molar-refractivity contribution in [1.29, 1.82) is 0 Å². The molecule has 1 aromatic heterocycles. The summed E-state index contributed by atoms with van der Waals surface area (Å²) in [5, 5.41) is 3.19. The fourth-order valence-electron chi connectivity index (χ4n) is 2.23. The molecule has 0 saturated heterocycles. The van der Waals surface area contributed by atoms with E-state index in [2.05, 4.69) is 45.9 Å².